The number of nitrogens with two attached hydrogens (primary N) is 1. The first-order valence-corrected chi connectivity index (χ1v) is 7.02. The van der Waals surface area contributed by atoms with Crippen LogP contribution in [0.1, 0.15) is 53.4 Å². The monoisotopic (exact) mass is 240 g/mol. The molecule has 1 unspecified atom stereocenters. The van der Waals surface area contributed by atoms with E-state index in [1.54, 1.807) is 0 Å². The second-order valence-corrected chi connectivity index (χ2v) is 5.83. The van der Waals surface area contributed by atoms with Crippen LogP contribution in [-0.2, 0) is 4.79 Å². The molecule has 0 spiro atoms. The van der Waals surface area contributed by atoms with Crippen molar-refractivity contribution in [1.29, 1.82) is 0 Å². The molecular weight excluding hydrogens is 212 g/mol. The largest absolute Gasteiger partial charge is 0.339 e. The SMILES string of the molecule is CCCCC(CC)C(=O)N1CC(N)(C(C)C)C1. The Labute approximate surface area is 106 Å². The number of rotatable bonds is 6. The highest BCUT2D eigenvalue weighted by Gasteiger charge is 2.45. The Kier molecular flexibility index (Phi) is 4.99. The molecule has 0 aromatic rings. The van der Waals surface area contributed by atoms with Gasteiger partial charge in [-0.3, -0.25) is 4.79 Å². The lowest BCUT2D eigenvalue weighted by molar-refractivity contribution is -0.145. The number of amides is 1. The smallest absolute Gasteiger partial charge is 0.225 e. The Hall–Kier alpha value is -0.570. The third-order valence-corrected chi connectivity index (χ3v) is 4.18. The maximum absolute atomic E-state index is 12.2. The van der Waals surface area contributed by atoms with Crippen molar-refractivity contribution in [3.05, 3.63) is 0 Å². The molecule has 0 aromatic heterocycles. The molecule has 0 bridgehead atoms. The number of hydrogen-bond donors (Lipinski definition) is 1. The van der Waals surface area contributed by atoms with Crippen LogP contribution >= 0.6 is 0 Å². The number of carbonyl (C=O) groups excluding carboxylic acids is 1. The van der Waals surface area contributed by atoms with E-state index >= 15 is 0 Å². The van der Waals surface area contributed by atoms with E-state index in [0.29, 0.717) is 11.8 Å². The van der Waals surface area contributed by atoms with E-state index in [4.69, 9.17) is 5.73 Å². The van der Waals surface area contributed by atoms with E-state index in [1.807, 2.05) is 4.90 Å². The molecule has 2 N–H and O–H groups in total. The highest BCUT2D eigenvalue weighted by atomic mass is 16.2. The Morgan fingerprint density at radius 2 is 1.94 bits per heavy atom. The van der Waals surface area contributed by atoms with Crippen molar-refractivity contribution in [3.63, 3.8) is 0 Å². The quantitative estimate of drug-likeness (QED) is 0.775. The maximum atomic E-state index is 12.2. The Morgan fingerprint density at radius 1 is 1.35 bits per heavy atom. The average molecular weight is 240 g/mol. The Morgan fingerprint density at radius 3 is 2.35 bits per heavy atom. The van der Waals surface area contributed by atoms with E-state index in [2.05, 4.69) is 27.7 Å². The summed E-state index contributed by atoms with van der Waals surface area (Å²) in [6.07, 6.45) is 4.29. The second kappa shape index (κ2) is 5.85. The van der Waals surface area contributed by atoms with E-state index in [9.17, 15) is 4.79 Å². The molecule has 3 nitrogen and oxygen atoms in total. The van der Waals surface area contributed by atoms with E-state index < -0.39 is 0 Å². The van der Waals surface area contributed by atoms with Crippen LogP contribution in [0, 0.1) is 11.8 Å². The molecule has 1 amide bonds. The topological polar surface area (TPSA) is 46.3 Å². The van der Waals surface area contributed by atoms with Crippen LogP contribution in [0.4, 0.5) is 0 Å². The van der Waals surface area contributed by atoms with Gasteiger partial charge < -0.3 is 10.6 Å². The van der Waals surface area contributed by atoms with Crippen LogP contribution in [-0.4, -0.2) is 29.4 Å². The lowest BCUT2D eigenvalue weighted by Gasteiger charge is -2.51. The van der Waals surface area contributed by atoms with Gasteiger partial charge in [-0.2, -0.15) is 0 Å². The summed E-state index contributed by atoms with van der Waals surface area (Å²) < 4.78 is 0. The van der Waals surface area contributed by atoms with Gasteiger partial charge in [0.05, 0.1) is 5.54 Å². The van der Waals surface area contributed by atoms with Gasteiger partial charge in [0.2, 0.25) is 5.91 Å². The molecule has 0 radical (unpaired) electrons. The number of carbonyl (C=O) groups is 1. The molecule has 3 heteroatoms. The van der Waals surface area contributed by atoms with Crippen LogP contribution in [0.25, 0.3) is 0 Å². The molecule has 1 saturated heterocycles. The first-order chi connectivity index (χ1) is 7.94. The van der Waals surface area contributed by atoms with Gasteiger partial charge in [-0.05, 0) is 18.8 Å². The zero-order chi connectivity index (χ0) is 13.1. The molecule has 0 aliphatic carbocycles. The number of hydrogen-bond acceptors (Lipinski definition) is 2. The predicted octanol–water partition coefficient (Wildman–Crippen LogP) is 2.40. The molecule has 0 saturated carbocycles. The molecule has 1 aliphatic rings. The summed E-state index contributed by atoms with van der Waals surface area (Å²) in [5, 5.41) is 0. The molecule has 17 heavy (non-hydrogen) atoms. The summed E-state index contributed by atoms with van der Waals surface area (Å²) in [4.78, 5) is 14.2. The fourth-order valence-electron chi connectivity index (χ4n) is 2.40. The van der Waals surface area contributed by atoms with Gasteiger partial charge in [0.1, 0.15) is 0 Å². The highest BCUT2D eigenvalue weighted by Crippen LogP contribution is 2.29. The number of likely N-dealkylation sites (tertiary alicyclic amines) is 1. The minimum atomic E-state index is -0.140. The van der Waals surface area contributed by atoms with E-state index in [0.717, 1.165) is 38.8 Å². The minimum Gasteiger partial charge on any atom is -0.339 e. The third kappa shape index (κ3) is 3.21. The number of unbranched alkanes of at least 4 members (excludes halogenated alkanes) is 1. The maximum Gasteiger partial charge on any atom is 0.225 e. The van der Waals surface area contributed by atoms with E-state index in [-0.39, 0.29) is 11.5 Å². The van der Waals surface area contributed by atoms with Gasteiger partial charge in [0.15, 0.2) is 0 Å². The third-order valence-electron chi connectivity index (χ3n) is 4.18. The van der Waals surface area contributed by atoms with Gasteiger partial charge in [0.25, 0.3) is 0 Å². The van der Waals surface area contributed by atoms with Gasteiger partial charge in [0, 0.05) is 19.0 Å². The zero-order valence-electron chi connectivity index (χ0n) is 11.8. The summed E-state index contributed by atoms with van der Waals surface area (Å²) in [5.41, 5.74) is 6.08. The molecule has 1 rings (SSSR count). The summed E-state index contributed by atoms with van der Waals surface area (Å²) in [6.45, 7) is 10.0. The van der Waals surface area contributed by atoms with Crippen molar-refractivity contribution < 1.29 is 4.79 Å². The number of nitrogens with zero attached hydrogens (tertiary/aromatic N) is 1. The lowest BCUT2D eigenvalue weighted by Crippen LogP contribution is -2.71. The molecule has 1 aliphatic heterocycles. The van der Waals surface area contributed by atoms with Crippen LogP contribution in [0.3, 0.4) is 0 Å². The van der Waals surface area contributed by atoms with Gasteiger partial charge >= 0.3 is 0 Å². The second-order valence-electron chi connectivity index (χ2n) is 5.83. The van der Waals surface area contributed by atoms with Crippen molar-refractivity contribution in [2.24, 2.45) is 17.6 Å². The molecule has 0 aromatic carbocycles. The summed E-state index contributed by atoms with van der Waals surface area (Å²) in [6, 6.07) is 0. The first kappa shape index (κ1) is 14.5. The fourth-order valence-corrected chi connectivity index (χ4v) is 2.40. The Bertz CT molecular complexity index is 257. The minimum absolute atomic E-state index is 0.140. The van der Waals surface area contributed by atoms with Crippen molar-refractivity contribution in [3.8, 4) is 0 Å². The van der Waals surface area contributed by atoms with Crippen LogP contribution in [0.15, 0.2) is 0 Å². The van der Waals surface area contributed by atoms with Crippen molar-refractivity contribution >= 4 is 5.91 Å². The standard InChI is InChI=1S/C14H28N2O/c1-5-7-8-12(6-2)13(17)16-9-14(15,10-16)11(3)4/h11-12H,5-10,15H2,1-4H3. The zero-order valence-corrected chi connectivity index (χ0v) is 11.8. The van der Waals surface area contributed by atoms with Crippen LogP contribution < -0.4 is 5.73 Å². The summed E-state index contributed by atoms with van der Waals surface area (Å²) >= 11 is 0. The molecular formula is C14H28N2O. The summed E-state index contributed by atoms with van der Waals surface area (Å²) in [5.74, 6) is 0.983. The normalized spacial score (nSPS) is 20.2. The Balaban J connectivity index is 2.44. The van der Waals surface area contributed by atoms with Crippen molar-refractivity contribution in [1.82, 2.24) is 4.90 Å². The molecule has 1 heterocycles. The fraction of sp³-hybridized carbons (Fsp3) is 0.929. The van der Waals surface area contributed by atoms with Crippen LogP contribution in [0.5, 0.6) is 0 Å². The van der Waals surface area contributed by atoms with Gasteiger partial charge in [-0.15, -0.1) is 0 Å². The highest BCUT2D eigenvalue weighted by molar-refractivity contribution is 5.80. The van der Waals surface area contributed by atoms with Crippen LogP contribution in [0.2, 0.25) is 0 Å². The van der Waals surface area contributed by atoms with Gasteiger partial charge in [-0.1, -0.05) is 40.5 Å². The lowest BCUT2D eigenvalue weighted by atomic mass is 9.79. The molecule has 1 atom stereocenters. The van der Waals surface area contributed by atoms with Gasteiger partial charge in [-0.25, -0.2) is 0 Å². The van der Waals surface area contributed by atoms with Crippen molar-refractivity contribution in [2.45, 2.75) is 58.9 Å². The predicted molar refractivity (Wildman–Crippen MR) is 71.6 cm³/mol. The first-order valence-electron chi connectivity index (χ1n) is 7.02. The van der Waals surface area contributed by atoms with E-state index in [1.165, 1.54) is 0 Å². The van der Waals surface area contributed by atoms with Crippen molar-refractivity contribution in [2.75, 3.05) is 13.1 Å². The average Bonchev–Trinajstić information content (AvgIpc) is 2.25. The molecule has 100 valence electrons. The molecule has 1 fully saturated rings. The summed E-state index contributed by atoms with van der Waals surface area (Å²) in [7, 11) is 0.